The molecule has 8 heteroatoms. The summed E-state index contributed by atoms with van der Waals surface area (Å²) in [6.45, 7) is 0.847. The molecule has 0 bridgehead atoms. The maximum absolute atomic E-state index is 12.2. The molecule has 0 heterocycles. The Labute approximate surface area is 105 Å². The van der Waals surface area contributed by atoms with Crippen LogP contribution in [0.3, 0.4) is 0 Å². The summed E-state index contributed by atoms with van der Waals surface area (Å²) in [5.41, 5.74) is -0.484. The number of ketones is 2. The van der Waals surface area contributed by atoms with Crippen molar-refractivity contribution in [3.8, 4) is 0 Å². The lowest BCUT2D eigenvalue weighted by molar-refractivity contribution is -0.384. The highest BCUT2D eigenvalue weighted by atomic mass is 19.4. The molecule has 1 rings (SSSR count). The second kappa shape index (κ2) is 5.17. The van der Waals surface area contributed by atoms with Gasteiger partial charge in [-0.25, -0.2) is 0 Å². The van der Waals surface area contributed by atoms with Crippen LogP contribution in [0.1, 0.15) is 17.3 Å². The molecule has 0 spiro atoms. The maximum atomic E-state index is 12.2. The van der Waals surface area contributed by atoms with Crippen molar-refractivity contribution in [2.75, 3.05) is 0 Å². The lowest BCUT2D eigenvalue weighted by Gasteiger charge is -2.11. The SMILES string of the molecule is CC(C(=O)c1ccc([N+](=O)[O-])cc1)C(=O)C(F)(F)F. The molecule has 0 aliphatic carbocycles. The van der Waals surface area contributed by atoms with Gasteiger partial charge >= 0.3 is 6.18 Å². The largest absolute Gasteiger partial charge is 0.450 e. The second-order valence-corrected chi connectivity index (χ2v) is 3.75. The second-order valence-electron chi connectivity index (χ2n) is 3.75. The van der Waals surface area contributed by atoms with Crippen LogP contribution in [0.15, 0.2) is 24.3 Å². The molecule has 0 fully saturated rings. The van der Waals surface area contributed by atoms with Gasteiger partial charge in [-0.05, 0) is 19.1 Å². The molecule has 0 aromatic heterocycles. The first-order valence-corrected chi connectivity index (χ1v) is 5.04. The van der Waals surface area contributed by atoms with Gasteiger partial charge in [0.15, 0.2) is 5.78 Å². The average molecular weight is 275 g/mol. The summed E-state index contributed by atoms with van der Waals surface area (Å²) in [7, 11) is 0. The highest BCUT2D eigenvalue weighted by molar-refractivity contribution is 6.11. The number of Topliss-reactive ketones (excluding diaryl/α,β-unsaturated/α-hetero) is 2. The van der Waals surface area contributed by atoms with Gasteiger partial charge in [0.2, 0.25) is 5.78 Å². The summed E-state index contributed by atoms with van der Waals surface area (Å²) in [5.74, 6) is -5.05. The number of rotatable bonds is 4. The summed E-state index contributed by atoms with van der Waals surface area (Å²) >= 11 is 0. The van der Waals surface area contributed by atoms with E-state index in [1.807, 2.05) is 0 Å². The van der Waals surface area contributed by atoms with Crippen LogP contribution < -0.4 is 0 Å². The molecule has 0 aliphatic rings. The summed E-state index contributed by atoms with van der Waals surface area (Å²) in [4.78, 5) is 32.2. The third-order valence-corrected chi connectivity index (χ3v) is 2.43. The molecule has 1 atom stereocenters. The van der Waals surface area contributed by atoms with Gasteiger partial charge in [-0.15, -0.1) is 0 Å². The zero-order valence-corrected chi connectivity index (χ0v) is 9.60. The minimum Gasteiger partial charge on any atom is -0.293 e. The first kappa shape index (κ1) is 14.8. The fourth-order valence-electron chi connectivity index (χ4n) is 1.36. The number of non-ortho nitro benzene ring substituents is 1. The van der Waals surface area contributed by atoms with Crippen molar-refractivity contribution in [2.24, 2.45) is 5.92 Å². The number of benzene rings is 1. The summed E-state index contributed by atoms with van der Waals surface area (Å²) in [6, 6.07) is 4.00. The number of halogens is 3. The van der Waals surface area contributed by atoms with Gasteiger partial charge in [-0.2, -0.15) is 13.2 Å². The maximum Gasteiger partial charge on any atom is 0.450 e. The standard InChI is InChI=1S/C11H8F3NO4/c1-6(10(17)11(12,13)14)9(16)7-2-4-8(5-3-7)15(18)19/h2-6H,1H3. The average Bonchev–Trinajstić information content (AvgIpc) is 2.35. The normalized spacial score (nSPS) is 12.8. The van der Waals surface area contributed by atoms with Gasteiger partial charge in [0, 0.05) is 17.7 Å². The summed E-state index contributed by atoms with van der Waals surface area (Å²) in [6.07, 6.45) is -5.09. The molecule has 102 valence electrons. The minimum absolute atomic E-state index is 0.185. The summed E-state index contributed by atoms with van der Waals surface area (Å²) < 4.78 is 36.5. The topological polar surface area (TPSA) is 77.3 Å². The van der Waals surface area contributed by atoms with Crippen molar-refractivity contribution in [3.63, 3.8) is 0 Å². The van der Waals surface area contributed by atoms with Crippen LogP contribution in [0.25, 0.3) is 0 Å². The van der Waals surface area contributed by atoms with E-state index in [1.54, 1.807) is 0 Å². The Morgan fingerprint density at radius 3 is 2.05 bits per heavy atom. The zero-order chi connectivity index (χ0) is 14.8. The number of hydrogen-bond acceptors (Lipinski definition) is 4. The molecule has 0 aliphatic heterocycles. The Morgan fingerprint density at radius 1 is 1.21 bits per heavy atom. The van der Waals surface area contributed by atoms with Crippen LogP contribution in [-0.4, -0.2) is 22.7 Å². The number of nitro groups is 1. The van der Waals surface area contributed by atoms with Crippen LogP contribution in [0.4, 0.5) is 18.9 Å². The molecule has 0 saturated carbocycles. The van der Waals surface area contributed by atoms with E-state index in [0.29, 0.717) is 0 Å². The van der Waals surface area contributed by atoms with E-state index < -0.39 is 28.6 Å². The van der Waals surface area contributed by atoms with Crippen molar-refractivity contribution < 1.29 is 27.7 Å². The van der Waals surface area contributed by atoms with Crippen molar-refractivity contribution in [2.45, 2.75) is 13.1 Å². The number of carbonyl (C=O) groups is 2. The molecule has 5 nitrogen and oxygen atoms in total. The van der Waals surface area contributed by atoms with Gasteiger partial charge in [0.1, 0.15) is 0 Å². The molecule has 0 N–H and O–H groups in total. The number of nitrogens with zero attached hydrogens (tertiary/aromatic N) is 1. The molecular formula is C11H8F3NO4. The first-order chi connectivity index (χ1) is 8.64. The van der Waals surface area contributed by atoms with Gasteiger partial charge < -0.3 is 0 Å². The molecular weight excluding hydrogens is 267 g/mol. The highest BCUT2D eigenvalue weighted by Crippen LogP contribution is 2.23. The molecule has 0 radical (unpaired) electrons. The van der Waals surface area contributed by atoms with Gasteiger partial charge in [0.25, 0.3) is 5.69 Å². The van der Waals surface area contributed by atoms with E-state index in [2.05, 4.69) is 0 Å². The molecule has 0 amide bonds. The van der Waals surface area contributed by atoms with E-state index in [0.717, 1.165) is 31.2 Å². The molecule has 1 aromatic rings. The highest BCUT2D eigenvalue weighted by Gasteiger charge is 2.44. The fraction of sp³-hybridized carbons (Fsp3) is 0.273. The van der Waals surface area contributed by atoms with E-state index in [1.165, 1.54) is 0 Å². The molecule has 1 aromatic carbocycles. The third-order valence-electron chi connectivity index (χ3n) is 2.43. The lowest BCUT2D eigenvalue weighted by Crippen LogP contribution is -2.33. The van der Waals surface area contributed by atoms with Crippen molar-refractivity contribution in [3.05, 3.63) is 39.9 Å². The van der Waals surface area contributed by atoms with Crippen molar-refractivity contribution in [1.29, 1.82) is 0 Å². The number of carbonyl (C=O) groups excluding carboxylic acids is 2. The van der Waals surface area contributed by atoms with Crippen LogP contribution in [0.5, 0.6) is 0 Å². The predicted octanol–water partition coefficient (Wildman–Crippen LogP) is 2.55. The Balaban J connectivity index is 2.95. The Kier molecular flexibility index (Phi) is 4.03. The smallest absolute Gasteiger partial charge is 0.293 e. The molecule has 1 unspecified atom stereocenters. The summed E-state index contributed by atoms with van der Waals surface area (Å²) in [5, 5.41) is 10.4. The van der Waals surface area contributed by atoms with E-state index in [-0.39, 0.29) is 11.3 Å². The monoisotopic (exact) mass is 275 g/mol. The van der Waals surface area contributed by atoms with E-state index >= 15 is 0 Å². The van der Waals surface area contributed by atoms with E-state index in [4.69, 9.17) is 0 Å². The fourth-order valence-corrected chi connectivity index (χ4v) is 1.36. The Bertz CT molecular complexity index is 522. The van der Waals surface area contributed by atoms with Crippen LogP contribution in [-0.2, 0) is 4.79 Å². The number of nitro benzene ring substituents is 1. The van der Waals surface area contributed by atoms with Crippen molar-refractivity contribution >= 4 is 17.3 Å². The quantitative estimate of drug-likeness (QED) is 0.366. The van der Waals surface area contributed by atoms with E-state index in [9.17, 15) is 32.9 Å². The number of alkyl halides is 3. The minimum atomic E-state index is -5.09. The van der Waals surface area contributed by atoms with Gasteiger partial charge in [0.05, 0.1) is 10.8 Å². The van der Waals surface area contributed by atoms with Gasteiger partial charge in [-0.1, -0.05) is 0 Å². The Hall–Kier alpha value is -2.25. The van der Waals surface area contributed by atoms with Crippen LogP contribution in [0, 0.1) is 16.0 Å². The first-order valence-electron chi connectivity index (χ1n) is 5.04. The predicted molar refractivity (Wildman–Crippen MR) is 57.7 cm³/mol. The number of hydrogen-bond donors (Lipinski definition) is 0. The van der Waals surface area contributed by atoms with Crippen molar-refractivity contribution in [1.82, 2.24) is 0 Å². The van der Waals surface area contributed by atoms with Crippen LogP contribution in [0.2, 0.25) is 0 Å². The zero-order valence-electron chi connectivity index (χ0n) is 9.60. The van der Waals surface area contributed by atoms with Crippen LogP contribution >= 0.6 is 0 Å². The Morgan fingerprint density at radius 2 is 1.68 bits per heavy atom. The third kappa shape index (κ3) is 3.36. The molecule has 19 heavy (non-hydrogen) atoms. The lowest BCUT2D eigenvalue weighted by atomic mass is 9.95. The molecule has 0 saturated heterocycles. The van der Waals surface area contributed by atoms with Gasteiger partial charge in [-0.3, -0.25) is 19.7 Å².